The van der Waals surface area contributed by atoms with Crippen LogP contribution in [0.5, 0.6) is 0 Å². The maximum atomic E-state index is 14.4. The molecule has 3 atom stereocenters. The summed E-state index contributed by atoms with van der Waals surface area (Å²) < 4.78 is 20.7. The van der Waals surface area contributed by atoms with Crippen molar-refractivity contribution in [1.82, 2.24) is 4.90 Å². The number of rotatable bonds is 7. The molecule has 0 bridgehead atoms. The van der Waals surface area contributed by atoms with Crippen molar-refractivity contribution < 1.29 is 18.2 Å². The van der Waals surface area contributed by atoms with Gasteiger partial charge in [0.15, 0.2) is 4.75 Å². The van der Waals surface area contributed by atoms with Gasteiger partial charge in [-0.3, -0.25) is 4.79 Å². The molecule has 1 unspecified atom stereocenters. The summed E-state index contributed by atoms with van der Waals surface area (Å²) in [7, 11) is 0. The van der Waals surface area contributed by atoms with Gasteiger partial charge in [0.1, 0.15) is 36.1 Å². The Morgan fingerprint density at radius 1 is 1.27 bits per heavy atom. The standard InChI is InChI=1S/C26H32ClFNO3S/c1-17-20-9-6-8-18(12-13-30)21(20)14-19(16-32-33(5)26(2,3)4)29(17)25(31)15-22-23(27)10-7-11-24(22)28/h6-11,13,17,19H,12,14-16H2,1-5H3/q+1/t17-,19+,33?/m0/s1. The summed E-state index contributed by atoms with van der Waals surface area (Å²) in [5.74, 6) is -0.675. The zero-order chi connectivity index (χ0) is 24.3. The second-order valence-corrected chi connectivity index (χ2v) is 12.2. The van der Waals surface area contributed by atoms with Crippen LogP contribution < -0.4 is 0 Å². The van der Waals surface area contributed by atoms with Gasteiger partial charge in [0.2, 0.25) is 5.91 Å². The van der Waals surface area contributed by atoms with Crippen LogP contribution in [0.15, 0.2) is 36.4 Å². The third-order valence-electron chi connectivity index (χ3n) is 6.29. The highest BCUT2D eigenvalue weighted by molar-refractivity contribution is 7.93. The molecule has 0 saturated heterocycles. The number of hydrogen-bond donors (Lipinski definition) is 0. The topological polar surface area (TPSA) is 46.6 Å². The van der Waals surface area contributed by atoms with Crippen molar-refractivity contribution in [3.05, 3.63) is 69.5 Å². The zero-order valence-electron chi connectivity index (χ0n) is 19.9. The fourth-order valence-electron chi connectivity index (χ4n) is 4.24. The molecule has 2 aromatic carbocycles. The second kappa shape index (κ2) is 10.6. The minimum Gasteiger partial charge on any atom is -0.330 e. The van der Waals surface area contributed by atoms with Crippen LogP contribution in [-0.4, -0.2) is 40.7 Å². The predicted octanol–water partition coefficient (Wildman–Crippen LogP) is 5.26. The molecule has 33 heavy (non-hydrogen) atoms. The number of fused-ring (bicyclic) bond motifs is 1. The molecule has 1 aliphatic rings. The quantitative estimate of drug-likeness (QED) is 0.391. The number of nitrogens with zero attached hydrogens (tertiary/aromatic N) is 1. The van der Waals surface area contributed by atoms with Gasteiger partial charge in [-0.15, -0.1) is 0 Å². The number of amides is 1. The van der Waals surface area contributed by atoms with Gasteiger partial charge in [0.25, 0.3) is 0 Å². The molecule has 0 N–H and O–H groups in total. The summed E-state index contributed by atoms with van der Waals surface area (Å²) in [5, 5.41) is 0.248. The number of halogens is 2. The average molecular weight is 493 g/mol. The van der Waals surface area contributed by atoms with E-state index in [4.69, 9.17) is 15.8 Å². The molecule has 1 aliphatic heterocycles. The van der Waals surface area contributed by atoms with Gasteiger partial charge in [-0.05, 0) is 62.9 Å². The number of carbonyl (C=O) groups is 2. The van der Waals surface area contributed by atoms with Crippen molar-refractivity contribution in [1.29, 1.82) is 0 Å². The molecule has 0 aliphatic carbocycles. The second-order valence-electron chi connectivity index (χ2n) is 9.42. The summed E-state index contributed by atoms with van der Waals surface area (Å²) in [6.45, 7) is 8.72. The van der Waals surface area contributed by atoms with Crippen LogP contribution in [0.3, 0.4) is 0 Å². The normalized spacial score (nSPS) is 19.2. The van der Waals surface area contributed by atoms with Gasteiger partial charge in [-0.1, -0.05) is 35.9 Å². The number of benzene rings is 2. The number of hydrogen-bond acceptors (Lipinski definition) is 3. The Hall–Kier alpha value is -1.89. The first-order chi connectivity index (χ1) is 15.5. The smallest absolute Gasteiger partial charge is 0.228 e. The molecule has 1 amide bonds. The lowest BCUT2D eigenvalue weighted by Gasteiger charge is -2.42. The monoisotopic (exact) mass is 492 g/mol. The minimum absolute atomic E-state index is 0.0175. The first-order valence-electron chi connectivity index (χ1n) is 11.1. The molecular weight excluding hydrogens is 461 g/mol. The summed E-state index contributed by atoms with van der Waals surface area (Å²) >= 11 is 5.89. The Labute approximate surface area is 204 Å². The maximum absolute atomic E-state index is 14.4. The average Bonchev–Trinajstić information content (AvgIpc) is 2.74. The van der Waals surface area contributed by atoms with Crippen LogP contribution in [0.2, 0.25) is 5.02 Å². The van der Waals surface area contributed by atoms with Crippen LogP contribution in [0.1, 0.15) is 56.0 Å². The molecule has 7 heteroatoms. The van der Waals surface area contributed by atoms with Crippen LogP contribution in [-0.2, 0) is 44.2 Å². The SMILES string of the molecule is C[C@H]1c2cccc(CC=O)c2C[C@H](CO[S+](C)C(C)(C)C)N1C(=O)Cc1c(F)cccc1Cl. The van der Waals surface area contributed by atoms with E-state index < -0.39 is 5.82 Å². The van der Waals surface area contributed by atoms with Crippen molar-refractivity contribution >= 4 is 35.0 Å². The molecule has 1 heterocycles. The lowest BCUT2D eigenvalue weighted by Crippen LogP contribution is -2.50. The minimum atomic E-state index is -0.482. The number of aldehydes is 1. The summed E-state index contributed by atoms with van der Waals surface area (Å²) in [6, 6.07) is 9.88. The first-order valence-corrected chi connectivity index (χ1v) is 13.1. The Morgan fingerprint density at radius 2 is 1.97 bits per heavy atom. The molecule has 2 aromatic rings. The Morgan fingerprint density at radius 3 is 2.61 bits per heavy atom. The van der Waals surface area contributed by atoms with Crippen LogP contribution in [0, 0.1) is 5.82 Å². The fourth-order valence-corrected chi connectivity index (χ4v) is 5.18. The van der Waals surface area contributed by atoms with Crippen LogP contribution >= 0.6 is 11.6 Å². The van der Waals surface area contributed by atoms with Gasteiger partial charge in [0.05, 0.1) is 18.5 Å². The van der Waals surface area contributed by atoms with Gasteiger partial charge in [-0.2, -0.15) is 4.18 Å². The molecular formula is C26H32ClFNO3S+. The van der Waals surface area contributed by atoms with E-state index in [9.17, 15) is 14.0 Å². The van der Waals surface area contributed by atoms with Crippen molar-refractivity contribution in [2.45, 2.75) is 63.8 Å². The molecule has 0 fully saturated rings. The number of carbonyl (C=O) groups excluding carboxylic acids is 2. The van der Waals surface area contributed by atoms with E-state index in [1.54, 1.807) is 6.07 Å². The van der Waals surface area contributed by atoms with E-state index in [1.807, 2.05) is 30.0 Å². The summed E-state index contributed by atoms with van der Waals surface area (Å²) in [5.41, 5.74) is 3.31. The third-order valence-corrected chi connectivity index (χ3v) is 8.86. The largest absolute Gasteiger partial charge is 0.330 e. The highest BCUT2D eigenvalue weighted by atomic mass is 35.5. The lowest BCUT2D eigenvalue weighted by atomic mass is 9.85. The molecule has 0 saturated carbocycles. The molecule has 0 aromatic heterocycles. The van der Waals surface area contributed by atoms with Gasteiger partial charge in [-0.25, -0.2) is 4.39 Å². The summed E-state index contributed by atoms with van der Waals surface area (Å²) in [4.78, 5) is 26.6. The van der Waals surface area contributed by atoms with Crippen LogP contribution in [0.4, 0.5) is 4.39 Å². The highest BCUT2D eigenvalue weighted by Crippen LogP contribution is 2.36. The van der Waals surface area contributed by atoms with Gasteiger partial charge in [0, 0.05) is 17.0 Å². The summed E-state index contributed by atoms with van der Waals surface area (Å²) in [6.07, 6.45) is 3.77. The van der Waals surface area contributed by atoms with E-state index in [0.717, 1.165) is 23.0 Å². The van der Waals surface area contributed by atoms with E-state index in [-0.39, 0.29) is 50.9 Å². The zero-order valence-corrected chi connectivity index (χ0v) is 21.4. The van der Waals surface area contributed by atoms with Crippen molar-refractivity contribution in [2.24, 2.45) is 0 Å². The highest BCUT2D eigenvalue weighted by Gasteiger charge is 2.39. The Balaban J connectivity index is 1.95. The predicted molar refractivity (Wildman–Crippen MR) is 133 cm³/mol. The maximum Gasteiger partial charge on any atom is 0.228 e. The van der Waals surface area contributed by atoms with E-state index in [1.165, 1.54) is 12.1 Å². The van der Waals surface area contributed by atoms with Crippen molar-refractivity contribution in [3.63, 3.8) is 0 Å². The first kappa shape index (κ1) is 25.7. The van der Waals surface area contributed by atoms with Crippen molar-refractivity contribution in [2.75, 3.05) is 12.9 Å². The molecule has 4 nitrogen and oxygen atoms in total. The van der Waals surface area contributed by atoms with Gasteiger partial charge >= 0.3 is 0 Å². The van der Waals surface area contributed by atoms with E-state index >= 15 is 0 Å². The lowest BCUT2D eigenvalue weighted by molar-refractivity contribution is -0.136. The molecule has 0 spiro atoms. The fraction of sp³-hybridized carbons (Fsp3) is 0.462. The van der Waals surface area contributed by atoms with E-state index in [2.05, 4.69) is 27.0 Å². The molecule has 0 radical (unpaired) electrons. The van der Waals surface area contributed by atoms with Crippen LogP contribution in [0.25, 0.3) is 0 Å². The van der Waals surface area contributed by atoms with E-state index in [0.29, 0.717) is 19.4 Å². The Bertz CT molecular complexity index is 1000. The third kappa shape index (κ3) is 5.79. The molecule has 3 rings (SSSR count). The van der Waals surface area contributed by atoms with Crippen molar-refractivity contribution in [3.8, 4) is 0 Å². The van der Waals surface area contributed by atoms with Gasteiger partial charge < -0.3 is 9.69 Å². The Kier molecular flexibility index (Phi) is 8.25. The molecule has 178 valence electrons.